The summed E-state index contributed by atoms with van der Waals surface area (Å²) in [6.45, 7) is 3.64. The van der Waals surface area contributed by atoms with Crippen LogP contribution in [0, 0.1) is 0 Å². The summed E-state index contributed by atoms with van der Waals surface area (Å²) in [5.74, 6) is -1.49. The van der Waals surface area contributed by atoms with Gasteiger partial charge in [-0.15, -0.1) is 0 Å². The molecule has 0 atom stereocenters. The van der Waals surface area contributed by atoms with E-state index in [1.54, 1.807) is 0 Å². The predicted octanol–water partition coefficient (Wildman–Crippen LogP) is -0.162. The third kappa shape index (κ3) is 3.64. The van der Waals surface area contributed by atoms with Crippen LogP contribution in [0.15, 0.2) is 12.2 Å². The second-order valence-corrected chi connectivity index (χ2v) is 4.98. The average molecular weight is 246 g/mol. The van der Waals surface area contributed by atoms with Crippen molar-refractivity contribution in [3.8, 4) is 0 Å². The molecule has 92 valence electrons. The zero-order valence-electron chi connectivity index (χ0n) is 9.95. The van der Waals surface area contributed by atoms with E-state index in [9.17, 15) is 9.59 Å². The molecule has 0 amide bonds. The molecule has 0 aliphatic carbocycles. The van der Waals surface area contributed by atoms with Crippen molar-refractivity contribution in [3.05, 3.63) is 12.2 Å². The maximum absolute atomic E-state index is 11.7. The van der Waals surface area contributed by atoms with E-state index < -0.39 is 15.5 Å². The molecule has 0 N–H and O–H groups in total. The van der Waals surface area contributed by atoms with Crippen LogP contribution in [-0.2, 0) is 23.8 Å². The molecule has 0 bridgehead atoms. The first-order chi connectivity index (χ1) is 7.57. The number of carbonyl (C=O) groups excluding carboxylic acids is 2. The number of rotatable bonds is 9. The summed E-state index contributed by atoms with van der Waals surface area (Å²) in [7, 11) is 3.08. The highest BCUT2D eigenvalue weighted by Gasteiger charge is 2.37. The number of carbonyl (C=O) groups is 2. The van der Waals surface area contributed by atoms with E-state index in [0.717, 1.165) is 6.29 Å². The predicted molar refractivity (Wildman–Crippen MR) is 61.9 cm³/mol. The number of hydrogen-bond acceptors (Lipinski definition) is 5. The van der Waals surface area contributed by atoms with Crippen LogP contribution in [0.25, 0.3) is 0 Å². The molecule has 16 heavy (non-hydrogen) atoms. The van der Waals surface area contributed by atoms with Crippen molar-refractivity contribution < 1.29 is 23.8 Å². The second kappa shape index (κ2) is 7.45. The Bertz CT molecular complexity index is 252. The standard InChI is InChI=1S/C10H18O5Si/c1-8(9(12)16-7-5-6-11)10(13-2,14-3)15-4/h6H,1,5,7,16H2,2-4H3. The molecule has 0 aliphatic heterocycles. The molecular formula is C10H18O5Si. The molecule has 6 heteroatoms. The molecule has 0 unspecified atom stereocenters. The molecule has 0 aromatic carbocycles. The molecule has 0 heterocycles. The number of aldehydes is 1. The quantitative estimate of drug-likeness (QED) is 0.186. The Balaban J connectivity index is 4.50. The normalized spacial score (nSPS) is 11.9. The van der Waals surface area contributed by atoms with Crippen molar-refractivity contribution in [2.24, 2.45) is 0 Å². The van der Waals surface area contributed by atoms with Crippen molar-refractivity contribution in [1.82, 2.24) is 0 Å². The first-order valence-electron chi connectivity index (χ1n) is 4.89. The molecule has 0 aromatic rings. The van der Waals surface area contributed by atoms with Crippen LogP contribution in [0.4, 0.5) is 0 Å². The minimum Gasteiger partial charge on any atom is -0.327 e. The van der Waals surface area contributed by atoms with Crippen LogP contribution in [0.5, 0.6) is 0 Å². The van der Waals surface area contributed by atoms with Gasteiger partial charge in [-0.25, -0.2) is 0 Å². The lowest BCUT2D eigenvalue weighted by molar-refractivity contribution is -0.324. The molecule has 0 saturated carbocycles. The fourth-order valence-electron chi connectivity index (χ4n) is 1.29. The van der Waals surface area contributed by atoms with E-state index in [1.165, 1.54) is 21.3 Å². The van der Waals surface area contributed by atoms with E-state index in [0.29, 0.717) is 12.5 Å². The van der Waals surface area contributed by atoms with Crippen LogP contribution in [0.2, 0.25) is 6.04 Å². The van der Waals surface area contributed by atoms with Gasteiger partial charge in [-0.1, -0.05) is 6.58 Å². The second-order valence-electron chi connectivity index (χ2n) is 3.13. The summed E-state index contributed by atoms with van der Waals surface area (Å²) in [6, 6.07) is 0.620. The zero-order chi connectivity index (χ0) is 12.6. The Hall–Kier alpha value is -0.823. The van der Waals surface area contributed by atoms with Gasteiger partial charge in [0.15, 0.2) is 0 Å². The monoisotopic (exact) mass is 246 g/mol. The van der Waals surface area contributed by atoms with E-state index in [1.807, 2.05) is 0 Å². The SMILES string of the molecule is C=C(C(=O)[SiH2]CCC=O)C(OC)(OC)OC. The van der Waals surface area contributed by atoms with Crippen LogP contribution < -0.4 is 0 Å². The third-order valence-corrected chi connectivity index (χ3v) is 3.88. The number of hydrogen-bond donors (Lipinski definition) is 0. The summed E-state index contributed by atoms with van der Waals surface area (Å²) < 4.78 is 15.0. The zero-order valence-corrected chi connectivity index (χ0v) is 11.4. The van der Waals surface area contributed by atoms with E-state index in [-0.39, 0.29) is 11.0 Å². The van der Waals surface area contributed by atoms with Gasteiger partial charge in [0, 0.05) is 27.8 Å². The summed E-state index contributed by atoms with van der Waals surface area (Å²) in [5, 5.41) is -0.104. The Morgan fingerprint density at radius 1 is 1.31 bits per heavy atom. The first-order valence-corrected chi connectivity index (χ1v) is 6.60. The fraction of sp³-hybridized carbons (Fsp3) is 0.600. The maximum atomic E-state index is 11.7. The minimum absolute atomic E-state index is 0.104. The molecule has 0 radical (unpaired) electrons. The number of methoxy groups -OCH3 is 3. The molecule has 0 fully saturated rings. The van der Waals surface area contributed by atoms with Crippen LogP contribution >= 0.6 is 0 Å². The van der Waals surface area contributed by atoms with E-state index >= 15 is 0 Å². The van der Waals surface area contributed by atoms with Crippen molar-refractivity contribution >= 4 is 21.2 Å². The Morgan fingerprint density at radius 2 is 1.81 bits per heavy atom. The first kappa shape index (κ1) is 15.2. The average Bonchev–Trinajstić information content (AvgIpc) is 2.32. The van der Waals surface area contributed by atoms with Crippen molar-refractivity contribution in [1.29, 1.82) is 0 Å². The third-order valence-electron chi connectivity index (χ3n) is 2.24. The Kier molecular flexibility index (Phi) is 7.07. The molecule has 0 saturated heterocycles. The molecule has 0 rings (SSSR count). The van der Waals surface area contributed by atoms with Gasteiger partial charge in [0.25, 0.3) is 0 Å². The summed E-state index contributed by atoms with van der Waals surface area (Å²) in [6.07, 6.45) is 1.21. The smallest absolute Gasteiger partial charge is 0.313 e. The lowest BCUT2D eigenvalue weighted by atomic mass is 10.3. The van der Waals surface area contributed by atoms with Gasteiger partial charge in [0.1, 0.15) is 21.2 Å². The minimum atomic E-state index is -1.49. The molecule has 0 aliphatic rings. The van der Waals surface area contributed by atoms with Gasteiger partial charge in [-0.05, 0) is 6.04 Å². The van der Waals surface area contributed by atoms with Gasteiger partial charge in [0.2, 0.25) is 0 Å². The van der Waals surface area contributed by atoms with E-state index in [2.05, 4.69) is 6.58 Å². The van der Waals surface area contributed by atoms with Crippen LogP contribution in [0.3, 0.4) is 0 Å². The van der Waals surface area contributed by atoms with Crippen molar-refractivity contribution in [2.75, 3.05) is 21.3 Å². The lowest BCUT2D eigenvalue weighted by Gasteiger charge is -2.29. The molecule has 0 spiro atoms. The lowest BCUT2D eigenvalue weighted by Crippen LogP contribution is -2.41. The van der Waals surface area contributed by atoms with Gasteiger partial charge in [0.05, 0.1) is 5.57 Å². The van der Waals surface area contributed by atoms with Crippen molar-refractivity contribution in [2.45, 2.75) is 18.4 Å². The van der Waals surface area contributed by atoms with E-state index in [4.69, 9.17) is 14.2 Å². The van der Waals surface area contributed by atoms with Gasteiger partial charge in [-0.3, -0.25) is 0 Å². The summed E-state index contributed by atoms with van der Waals surface area (Å²) in [5.41, 5.74) is 0.151. The molecular weight excluding hydrogens is 228 g/mol. The van der Waals surface area contributed by atoms with Gasteiger partial charge < -0.3 is 23.8 Å². The Morgan fingerprint density at radius 3 is 2.19 bits per heavy atom. The van der Waals surface area contributed by atoms with Crippen LogP contribution in [-0.4, -0.2) is 48.5 Å². The van der Waals surface area contributed by atoms with Crippen LogP contribution in [0.1, 0.15) is 6.42 Å². The molecule has 0 aromatic heterocycles. The Labute approximate surface area is 97.6 Å². The topological polar surface area (TPSA) is 61.8 Å². The highest BCUT2D eigenvalue weighted by molar-refractivity contribution is 6.77. The van der Waals surface area contributed by atoms with Crippen molar-refractivity contribution in [3.63, 3.8) is 0 Å². The summed E-state index contributed by atoms with van der Waals surface area (Å²) >= 11 is 0. The fourth-order valence-corrected chi connectivity index (χ4v) is 2.50. The highest BCUT2D eigenvalue weighted by Crippen LogP contribution is 2.22. The van der Waals surface area contributed by atoms with Gasteiger partial charge >= 0.3 is 5.97 Å². The maximum Gasteiger partial charge on any atom is 0.313 e. The highest BCUT2D eigenvalue weighted by atomic mass is 28.2. The summed E-state index contributed by atoms with van der Waals surface area (Å²) in [4.78, 5) is 21.9. The number of ether oxygens (including phenoxy) is 3. The molecule has 5 nitrogen and oxygen atoms in total. The largest absolute Gasteiger partial charge is 0.327 e. The van der Waals surface area contributed by atoms with Gasteiger partial charge in [-0.2, -0.15) is 0 Å².